The molecule has 4 nitrogen and oxygen atoms in total. The molecule has 0 aliphatic heterocycles. The predicted molar refractivity (Wildman–Crippen MR) is 126 cm³/mol. The standard InChI is InChI=1S/C26H33ClN2O2/c1-16(2)13-20-23(24(30)31-26(6,7)8)22(17-9-11-18(27)12-10-17)19(15-28)21(29-20)14-25(3,4)5/h9-12,16H,13-14H2,1-8H3. The Hall–Kier alpha value is -2.38. The molecule has 0 spiro atoms. The number of carbonyl (C=O) groups excluding carboxylic acids is 1. The van der Waals surface area contributed by atoms with E-state index in [0.29, 0.717) is 45.9 Å². The van der Waals surface area contributed by atoms with E-state index in [9.17, 15) is 10.1 Å². The molecule has 2 aromatic rings. The van der Waals surface area contributed by atoms with Crippen LogP contribution in [0.4, 0.5) is 0 Å². The minimum atomic E-state index is -0.666. The molecule has 0 fully saturated rings. The lowest BCUT2D eigenvalue weighted by Gasteiger charge is -2.25. The van der Waals surface area contributed by atoms with Crippen LogP contribution in [0.2, 0.25) is 5.02 Å². The quantitative estimate of drug-likeness (QED) is 0.468. The number of esters is 1. The van der Waals surface area contributed by atoms with E-state index in [-0.39, 0.29) is 11.3 Å². The number of nitriles is 1. The molecule has 0 aliphatic rings. The second-order valence-electron chi connectivity index (χ2n) is 10.6. The van der Waals surface area contributed by atoms with E-state index in [0.717, 1.165) is 5.56 Å². The second kappa shape index (κ2) is 9.40. The summed E-state index contributed by atoms with van der Waals surface area (Å²) in [5.74, 6) is -0.179. The molecule has 31 heavy (non-hydrogen) atoms. The second-order valence-corrected chi connectivity index (χ2v) is 11.0. The summed E-state index contributed by atoms with van der Waals surface area (Å²) in [6.07, 6.45) is 1.23. The van der Waals surface area contributed by atoms with E-state index in [2.05, 4.69) is 40.7 Å². The maximum Gasteiger partial charge on any atom is 0.341 e. The van der Waals surface area contributed by atoms with Crippen molar-refractivity contribution in [3.05, 3.63) is 51.8 Å². The third-order valence-electron chi connectivity index (χ3n) is 4.49. The lowest BCUT2D eigenvalue weighted by Crippen LogP contribution is -2.26. The minimum Gasteiger partial charge on any atom is -0.456 e. The van der Waals surface area contributed by atoms with Crippen LogP contribution in [0.1, 0.15) is 82.7 Å². The van der Waals surface area contributed by atoms with Gasteiger partial charge in [0.1, 0.15) is 11.7 Å². The van der Waals surface area contributed by atoms with Gasteiger partial charge in [0.05, 0.1) is 22.5 Å². The molecule has 0 radical (unpaired) electrons. The molecule has 0 N–H and O–H groups in total. The summed E-state index contributed by atoms with van der Waals surface area (Å²) < 4.78 is 5.76. The van der Waals surface area contributed by atoms with Gasteiger partial charge in [-0.05, 0) is 62.6 Å². The largest absolute Gasteiger partial charge is 0.456 e. The van der Waals surface area contributed by atoms with Crippen LogP contribution in [-0.4, -0.2) is 16.6 Å². The average Bonchev–Trinajstić information content (AvgIpc) is 2.58. The number of ether oxygens (including phenoxy) is 1. The Kier molecular flexibility index (Phi) is 7.55. The average molecular weight is 441 g/mol. The van der Waals surface area contributed by atoms with Gasteiger partial charge in [-0.15, -0.1) is 0 Å². The Labute approximate surface area is 191 Å². The van der Waals surface area contributed by atoms with Crippen LogP contribution >= 0.6 is 11.6 Å². The Balaban J connectivity index is 2.93. The number of rotatable bonds is 5. The maximum absolute atomic E-state index is 13.4. The van der Waals surface area contributed by atoms with Crippen molar-refractivity contribution in [2.45, 2.75) is 73.8 Å². The fourth-order valence-electron chi connectivity index (χ4n) is 3.43. The van der Waals surface area contributed by atoms with Crippen molar-refractivity contribution in [2.24, 2.45) is 11.3 Å². The fourth-order valence-corrected chi connectivity index (χ4v) is 3.55. The molecule has 0 saturated carbocycles. The third kappa shape index (κ3) is 6.80. The van der Waals surface area contributed by atoms with Gasteiger partial charge < -0.3 is 4.74 Å². The van der Waals surface area contributed by atoms with Crippen LogP contribution in [0.3, 0.4) is 0 Å². The number of nitrogens with zero attached hydrogens (tertiary/aromatic N) is 2. The molecule has 2 rings (SSSR count). The first-order valence-corrected chi connectivity index (χ1v) is 11.0. The highest BCUT2D eigenvalue weighted by Gasteiger charge is 2.30. The van der Waals surface area contributed by atoms with Gasteiger partial charge >= 0.3 is 5.97 Å². The van der Waals surface area contributed by atoms with E-state index in [1.807, 2.05) is 32.9 Å². The first-order chi connectivity index (χ1) is 14.2. The number of halogens is 1. The Morgan fingerprint density at radius 3 is 2.13 bits per heavy atom. The molecule has 1 heterocycles. The molecule has 166 valence electrons. The van der Waals surface area contributed by atoms with E-state index in [4.69, 9.17) is 21.3 Å². The molecule has 1 aromatic carbocycles. The Morgan fingerprint density at radius 1 is 1.10 bits per heavy atom. The van der Waals surface area contributed by atoms with Crippen LogP contribution in [0.5, 0.6) is 0 Å². The van der Waals surface area contributed by atoms with Gasteiger partial charge in [0.15, 0.2) is 0 Å². The smallest absolute Gasteiger partial charge is 0.341 e. The fraction of sp³-hybridized carbons (Fsp3) is 0.500. The van der Waals surface area contributed by atoms with Crippen molar-refractivity contribution in [3.8, 4) is 17.2 Å². The number of aromatic nitrogens is 1. The van der Waals surface area contributed by atoms with Gasteiger partial charge in [0, 0.05) is 10.6 Å². The molecule has 0 bridgehead atoms. The highest BCUT2D eigenvalue weighted by Crippen LogP contribution is 2.36. The summed E-state index contributed by atoms with van der Waals surface area (Å²) in [5, 5.41) is 10.7. The van der Waals surface area contributed by atoms with Crippen LogP contribution < -0.4 is 0 Å². The molecule has 0 amide bonds. The maximum atomic E-state index is 13.4. The van der Waals surface area contributed by atoms with Crippen LogP contribution in [0, 0.1) is 22.7 Å². The number of hydrogen-bond donors (Lipinski definition) is 0. The van der Waals surface area contributed by atoms with Crippen molar-refractivity contribution in [1.29, 1.82) is 5.26 Å². The van der Waals surface area contributed by atoms with Crippen molar-refractivity contribution in [1.82, 2.24) is 4.98 Å². The zero-order chi connectivity index (χ0) is 23.6. The topological polar surface area (TPSA) is 63.0 Å². The normalized spacial score (nSPS) is 12.0. The number of pyridine rings is 1. The molecule has 0 saturated heterocycles. The van der Waals surface area contributed by atoms with Gasteiger partial charge in [0.25, 0.3) is 0 Å². The minimum absolute atomic E-state index is 0.0710. The van der Waals surface area contributed by atoms with Crippen molar-refractivity contribution < 1.29 is 9.53 Å². The zero-order valence-electron chi connectivity index (χ0n) is 19.9. The van der Waals surface area contributed by atoms with Gasteiger partial charge in [-0.25, -0.2) is 4.79 Å². The predicted octanol–water partition coefficient (Wildman–Crippen LogP) is 7.02. The summed E-state index contributed by atoms with van der Waals surface area (Å²) in [4.78, 5) is 18.3. The SMILES string of the molecule is CC(C)Cc1nc(CC(C)(C)C)c(C#N)c(-c2ccc(Cl)cc2)c1C(=O)OC(C)(C)C. The number of carbonyl (C=O) groups is 1. The van der Waals surface area contributed by atoms with Crippen LogP contribution in [-0.2, 0) is 17.6 Å². The van der Waals surface area contributed by atoms with Gasteiger partial charge in [0.2, 0.25) is 0 Å². The highest BCUT2D eigenvalue weighted by molar-refractivity contribution is 6.30. The molecular weight excluding hydrogens is 408 g/mol. The molecular formula is C26H33ClN2O2. The van der Waals surface area contributed by atoms with Gasteiger partial charge in [-0.3, -0.25) is 4.98 Å². The summed E-state index contributed by atoms with van der Waals surface area (Å²) in [7, 11) is 0. The summed E-state index contributed by atoms with van der Waals surface area (Å²) >= 11 is 6.11. The summed E-state index contributed by atoms with van der Waals surface area (Å²) in [6.45, 7) is 16.0. The molecule has 0 unspecified atom stereocenters. The van der Waals surface area contributed by atoms with Crippen molar-refractivity contribution >= 4 is 17.6 Å². The number of hydrogen-bond acceptors (Lipinski definition) is 4. The molecule has 0 atom stereocenters. The third-order valence-corrected chi connectivity index (χ3v) is 4.75. The summed E-state index contributed by atoms with van der Waals surface area (Å²) in [6, 6.07) is 9.55. The molecule has 5 heteroatoms. The van der Waals surface area contributed by atoms with E-state index in [1.54, 1.807) is 12.1 Å². The van der Waals surface area contributed by atoms with E-state index >= 15 is 0 Å². The first-order valence-electron chi connectivity index (χ1n) is 10.7. The summed E-state index contributed by atoms with van der Waals surface area (Å²) in [5.41, 5.74) is 2.78. The van der Waals surface area contributed by atoms with Crippen LogP contribution in [0.25, 0.3) is 11.1 Å². The lowest BCUT2D eigenvalue weighted by atomic mass is 9.84. The van der Waals surface area contributed by atoms with Crippen LogP contribution in [0.15, 0.2) is 24.3 Å². The highest BCUT2D eigenvalue weighted by atomic mass is 35.5. The zero-order valence-corrected chi connectivity index (χ0v) is 20.6. The molecule has 0 aliphatic carbocycles. The molecule has 1 aromatic heterocycles. The van der Waals surface area contributed by atoms with Gasteiger partial charge in [-0.1, -0.05) is 58.4 Å². The first kappa shape index (κ1) is 24.9. The Bertz CT molecular complexity index is 989. The lowest BCUT2D eigenvalue weighted by molar-refractivity contribution is 0.00685. The van der Waals surface area contributed by atoms with Crippen molar-refractivity contribution in [3.63, 3.8) is 0 Å². The number of benzene rings is 1. The van der Waals surface area contributed by atoms with E-state index in [1.165, 1.54) is 0 Å². The van der Waals surface area contributed by atoms with E-state index < -0.39 is 11.6 Å². The monoisotopic (exact) mass is 440 g/mol. The Morgan fingerprint density at radius 2 is 1.68 bits per heavy atom. The van der Waals surface area contributed by atoms with Crippen molar-refractivity contribution in [2.75, 3.05) is 0 Å². The van der Waals surface area contributed by atoms with Gasteiger partial charge in [-0.2, -0.15) is 5.26 Å².